The SMILES string of the molecule is CCCc1cc(C(=O)N2CCN(C(=O)c3ccc(O)cc3)CC2)sc1C. The molecule has 5 nitrogen and oxygen atoms in total. The van der Waals surface area contributed by atoms with Crippen LogP contribution in [-0.4, -0.2) is 52.9 Å². The number of thiophene rings is 1. The van der Waals surface area contributed by atoms with Crippen molar-refractivity contribution in [2.24, 2.45) is 0 Å². The summed E-state index contributed by atoms with van der Waals surface area (Å²) in [6, 6.07) is 8.30. The maximum absolute atomic E-state index is 12.8. The van der Waals surface area contributed by atoms with Gasteiger partial charge in [0.1, 0.15) is 5.75 Å². The van der Waals surface area contributed by atoms with Crippen LogP contribution in [0.1, 0.15) is 43.8 Å². The first kappa shape index (κ1) is 18.5. The number of aromatic hydroxyl groups is 1. The molecule has 3 rings (SSSR count). The largest absolute Gasteiger partial charge is 0.508 e. The van der Waals surface area contributed by atoms with Crippen LogP contribution in [0.3, 0.4) is 0 Å². The molecule has 26 heavy (non-hydrogen) atoms. The van der Waals surface area contributed by atoms with Crippen molar-refractivity contribution in [1.29, 1.82) is 0 Å². The fourth-order valence-corrected chi connectivity index (χ4v) is 4.24. The lowest BCUT2D eigenvalue weighted by Crippen LogP contribution is -2.50. The van der Waals surface area contributed by atoms with Crippen LogP contribution in [0.15, 0.2) is 30.3 Å². The maximum atomic E-state index is 12.8. The summed E-state index contributed by atoms with van der Waals surface area (Å²) in [6.45, 7) is 6.35. The number of hydrogen-bond acceptors (Lipinski definition) is 4. The lowest BCUT2D eigenvalue weighted by atomic mass is 10.1. The van der Waals surface area contributed by atoms with E-state index in [9.17, 15) is 14.7 Å². The molecule has 0 atom stereocenters. The van der Waals surface area contributed by atoms with Gasteiger partial charge in [-0.3, -0.25) is 9.59 Å². The number of aryl methyl sites for hydroxylation is 2. The fourth-order valence-electron chi connectivity index (χ4n) is 3.20. The zero-order valence-electron chi connectivity index (χ0n) is 15.2. The molecule has 1 aliphatic heterocycles. The molecule has 0 radical (unpaired) electrons. The Morgan fingerprint density at radius 3 is 2.19 bits per heavy atom. The molecule has 2 amide bonds. The average Bonchev–Trinajstić information content (AvgIpc) is 3.02. The van der Waals surface area contributed by atoms with Crippen molar-refractivity contribution in [3.8, 4) is 5.75 Å². The molecule has 1 aromatic heterocycles. The number of benzene rings is 1. The van der Waals surface area contributed by atoms with Gasteiger partial charge in [-0.25, -0.2) is 0 Å². The van der Waals surface area contributed by atoms with E-state index in [0.717, 1.165) is 17.7 Å². The van der Waals surface area contributed by atoms with Gasteiger partial charge in [0, 0.05) is 36.6 Å². The molecule has 1 N–H and O–H groups in total. The van der Waals surface area contributed by atoms with Crippen LogP contribution in [0.4, 0.5) is 0 Å². The van der Waals surface area contributed by atoms with E-state index in [2.05, 4.69) is 13.8 Å². The van der Waals surface area contributed by atoms with Crippen molar-refractivity contribution < 1.29 is 14.7 Å². The molecule has 0 saturated carbocycles. The van der Waals surface area contributed by atoms with Gasteiger partial charge in [-0.15, -0.1) is 11.3 Å². The van der Waals surface area contributed by atoms with E-state index in [1.807, 2.05) is 11.0 Å². The normalized spacial score (nSPS) is 14.5. The molecule has 0 spiro atoms. The molecule has 1 aromatic carbocycles. The van der Waals surface area contributed by atoms with Gasteiger partial charge in [0.15, 0.2) is 0 Å². The van der Waals surface area contributed by atoms with Crippen molar-refractivity contribution in [2.45, 2.75) is 26.7 Å². The quantitative estimate of drug-likeness (QED) is 0.896. The molecule has 2 aromatic rings. The van der Waals surface area contributed by atoms with E-state index in [0.29, 0.717) is 31.7 Å². The molecule has 1 aliphatic rings. The third kappa shape index (κ3) is 3.90. The van der Waals surface area contributed by atoms with Crippen LogP contribution in [0.2, 0.25) is 0 Å². The first-order valence-electron chi connectivity index (χ1n) is 8.96. The van der Waals surface area contributed by atoms with Crippen molar-refractivity contribution in [1.82, 2.24) is 9.80 Å². The smallest absolute Gasteiger partial charge is 0.264 e. The van der Waals surface area contributed by atoms with Gasteiger partial charge < -0.3 is 14.9 Å². The third-order valence-corrected chi connectivity index (χ3v) is 5.80. The second-order valence-corrected chi connectivity index (χ2v) is 7.83. The summed E-state index contributed by atoms with van der Waals surface area (Å²) in [5.41, 5.74) is 1.82. The Bertz CT molecular complexity index is 790. The van der Waals surface area contributed by atoms with E-state index in [4.69, 9.17) is 0 Å². The molecule has 0 bridgehead atoms. The Balaban J connectivity index is 1.61. The number of piperazine rings is 1. The van der Waals surface area contributed by atoms with Crippen molar-refractivity contribution >= 4 is 23.2 Å². The van der Waals surface area contributed by atoms with Crippen molar-refractivity contribution in [3.63, 3.8) is 0 Å². The van der Waals surface area contributed by atoms with Crippen molar-refractivity contribution in [3.05, 3.63) is 51.2 Å². The summed E-state index contributed by atoms with van der Waals surface area (Å²) in [5, 5.41) is 9.34. The summed E-state index contributed by atoms with van der Waals surface area (Å²) in [6.07, 6.45) is 2.08. The van der Waals surface area contributed by atoms with Crippen LogP contribution < -0.4 is 0 Å². The molecule has 2 heterocycles. The van der Waals surface area contributed by atoms with Crippen LogP contribution in [0.5, 0.6) is 5.75 Å². The van der Waals surface area contributed by atoms with Gasteiger partial charge >= 0.3 is 0 Å². The minimum absolute atomic E-state index is 0.0608. The highest BCUT2D eigenvalue weighted by Crippen LogP contribution is 2.24. The molecular formula is C20H24N2O3S. The maximum Gasteiger partial charge on any atom is 0.264 e. The van der Waals surface area contributed by atoms with Gasteiger partial charge in [0.05, 0.1) is 4.88 Å². The standard InChI is InChI=1S/C20H24N2O3S/c1-3-4-16-13-18(26-14(16)2)20(25)22-11-9-21(10-12-22)19(24)15-5-7-17(23)8-6-15/h5-8,13,23H,3-4,9-12H2,1-2H3. The lowest BCUT2D eigenvalue weighted by Gasteiger charge is -2.34. The first-order valence-corrected chi connectivity index (χ1v) is 9.78. The Morgan fingerprint density at radius 2 is 1.62 bits per heavy atom. The van der Waals surface area contributed by atoms with Gasteiger partial charge in [-0.2, -0.15) is 0 Å². The Hall–Kier alpha value is -2.34. The van der Waals surface area contributed by atoms with Crippen LogP contribution in [0.25, 0.3) is 0 Å². The fraction of sp³-hybridized carbons (Fsp3) is 0.400. The topological polar surface area (TPSA) is 60.9 Å². The second kappa shape index (κ2) is 7.91. The molecule has 6 heteroatoms. The molecule has 0 aliphatic carbocycles. The number of carbonyl (C=O) groups is 2. The zero-order chi connectivity index (χ0) is 18.7. The van der Waals surface area contributed by atoms with Crippen LogP contribution >= 0.6 is 11.3 Å². The summed E-state index contributed by atoms with van der Waals surface area (Å²) >= 11 is 1.57. The predicted octanol–water partition coefficient (Wildman–Crippen LogP) is 3.31. The van der Waals surface area contributed by atoms with Crippen LogP contribution in [-0.2, 0) is 6.42 Å². The van der Waals surface area contributed by atoms with E-state index in [1.165, 1.54) is 22.6 Å². The Morgan fingerprint density at radius 1 is 1.04 bits per heavy atom. The van der Waals surface area contributed by atoms with Crippen molar-refractivity contribution in [2.75, 3.05) is 26.2 Å². The van der Waals surface area contributed by atoms with Gasteiger partial charge in [-0.1, -0.05) is 13.3 Å². The molecule has 0 unspecified atom stereocenters. The summed E-state index contributed by atoms with van der Waals surface area (Å²) in [7, 11) is 0. The zero-order valence-corrected chi connectivity index (χ0v) is 16.0. The average molecular weight is 372 g/mol. The highest BCUT2D eigenvalue weighted by Gasteiger charge is 2.26. The second-order valence-electron chi connectivity index (χ2n) is 6.57. The van der Waals surface area contributed by atoms with Crippen LogP contribution in [0, 0.1) is 6.92 Å². The Labute approximate surface area is 157 Å². The molecule has 138 valence electrons. The van der Waals surface area contributed by atoms with E-state index in [1.54, 1.807) is 28.4 Å². The number of rotatable bonds is 4. The van der Waals surface area contributed by atoms with E-state index < -0.39 is 0 Å². The van der Waals surface area contributed by atoms with Gasteiger partial charge in [-0.05, 0) is 49.2 Å². The number of phenolic OH excluding ortho intramolecular Hbond substituents is 1. The lowest BCUT2D eigenvalue weighted by molar-refractivity contribution is 0.0538. The summed E-state index contributed by atoms with van der Waals surface area (Å²) in [4.78, 5) is 30.9. The summed E-state index contributed by atoms with van der Waals surface area (Å²) < 4.78 is 0. The minimum Gasteiger partial charge on any atom is -0.508 e. The molecule has 1 saturated heterocycles. The van der Waals surface area contributed by atoms with E-state index >= 15 is 0 Å². The van der Waals surface area contributed by atoms with Gasteiger partial charge in [0.25, 0.3) is 11.8 Å². The highest BCUT2D eigenvalue weighted by molar-refractivity contribution is 7.14. The number of carbonyl (C=O) groups excluding carboxylic acids is 2. The minimum atomic E-state index is -0.0608. The highest BCUT2D eigenvalue weighted by atomic mass is 32.1. The Kier molecular flexibility index (Phi) is 5.61. The number of nitrogens with zero attached hydrogens (tertiary/aromatic N) is 2. The predicted molar refractivity (Wildman–Crippen MR) is 103 cm³/mol. The summed E-state index contributed by atoms with van der Waals surface area (Å²) in [5.74, 6) is 0.150. The number of amides is 2. The monoisotopic (exact) mass is 372 g/mol. The number of phenols is 1. The third-order valence-electron chi connectivity index (χ3n) is 4.72. The molecular weight excluding hydrogens is 348 g/mol. The van der Waals surface area contributed by atoms with Gasteiger partial charge in [0.2, 0.25) is 0 Å². The van der Waals surface area contributed by atoms with E-state index in [-0.39, 0.29) is 17.6 Å². The number of hydrogen-bond donors (Lipinski definition) is 1. The first-order chi connectivity index (χ1) is 12.5. The molecule has 1 fully saturated rings.